The fourth-order valence-corrected chi connectivity index (χ4v) is 7.18. The van der Waals surface area contributed by atoms with Crippen LogP contribution in [0.15, 0.2) is 29.2 Å². The van der Waals surface area contributed by atoms with E-state index in [0.29, 0.717) is 35.3 Å². The van der Waals surface area contributed by atoms with Crippen molar-refractivity contribution < 1.29 is 22.7 Å². The summed E-state index contributed by atoms with van der Waals surface area (Å²) in [7, 11) is -3.54. The maximum absolute atomic E-state index is 13.0. The third-order valence-corrected chi connectivity index (χ3v) is 9.39. The van der Waals surface area contributed by atoms with E-state index >= 15 is 0 Å². The number of fused-ring (bicyclic) bond motifs is 1. The third kappa shape index (κ3) is 5.72. The molecule has 8 nitrogen and oxygen atoms in total. The molecule has 0 bridgehead atoms. The molecule has 3 heterocycles. The van der Waals surface area contributed by atoms with Gasteiger partial charge in [0, 0.05) is 42.7 Å². The van der Waals surface area contributed by atoms with Gasteiger partial charge in [-0.3, -0.25) is 9.69 Å². The molecule has 0 atom stereocenters. The van der Waals surface area contributed by atoms with Gasteiger partial charge in [-0.2, -0.15) is 4.31 Å². The number of nitrogens with zero attached hydrogens (tertiary/aromatic N) is 2. The molecule has 0 saturated carbocycles. The zero-order valence-electron chi connectivity index (χ0n) is 20.2. The number of esters is 1. The zero-order valence-corrected chi connectivity index (χ0v) is 22.7. The number of sulfonamides is 1. The SMILES string of the molecule is CCOC(=O)c1c(NC(=O)c2ccc(S(=O)(=O)N3CCCC3)cc2)sc2c1CCN(C(C)C)C2.Cl. The summed E-state index contributed by atoms with van der Waals surface area (Å²) < 4.78 is 32.3. The number of hydrogen-bond donors (Lipinski definition) is 1. The highest BCUT2D eigenvalue weighted by Gasteiger charge is 2.31. The number of carbonyl (C=O) groups excluding carboxylic acids is 2. The van der Waals surface area contributed by atoms with Crippen LogP contribution >= 0.6 is 23.7 Å². The topological polar surface area (TPSA) is 96.0 Å². The van der Waals surface area contributed by atoms with Crippen molar-refractivity contribution in [1.29, 1.82) is 0 Å². The van der Waals surface area contributed by atoms with Crippen LogP contribution < -0.4 is 5.32 Å². The fraction of sp³-hybridized carbons (Fsp3) is 0.500. The van der Waals surface area contributed by atoms with Crippen molar-refractivity contribution in [2.45, 2.75) is 57.5 Å². The smallest absolute Gasteiger partial charge is 0.341 e. The minimum atomic E-state index is -3.54. The molecular weight excluding hydrogens is 510 g/mol. The van der Waals surface area contributed by atoms with Gasteiger partial charge in [0.2, 0.25) is 10.0 Å². The van der Waals surface area contributed by atoms with E-state index in [1.54, 1.807) is 6.92 Å². The van der Waals surface area contributed by atoms with Gasteiger partial charge in [0.25, 0.3) is 5.91 Å². The van der Waals surface area contributed by atoms with Crippen molar-refractivity contribution in [3.63, 3.8) is 0 Å². The average Bonchev–Trinajstić information content (AvgIpc) is 3.47. The molecule has 1 amide bonds. The Hall–Kier alpha value is -1.98. The van der Waals surface area contributed by atoms with Gasteiger partial charge in [0.1, 0.15) is 5.00 Å². The second-order valence-corrected chi connectivity index (χ2v) is 11.9. The van der Waals surface area contributed by atoms with E-state index in [4.69, 9.17) is 4.74 Å². The molecule has 2 aliphatic heterocycles. The summed E-state index contributed by atoms with van der Waals surface area (Å²) in [4.78, 5) is 29.4. The predicted octanol–water partition coefficient (Wildman–Crippen LogP) is 4.15. The van der Waals surface area contributed by atoms with Crippen molar-refractivity contribution in [1.82, 2.24) is 9.21 Å². The Labute approximate surface area is 217 Å². The summed E-state index contributed by atoms with van der Waals surface area (Å²) in [5.41, 5.74) is 1.71. The second-order valence-electron chi connectivity index (χ2n) is 8.83. The summed E-state index contributed by atoms with van der Waals surface area (Å²) in [5.74, 6) is -0.824. The summed E-state index contributed by atoms with van der Waals surface area (Å²) in [6, 6.07) is 6.34. The van der Waals surface area contributed by atoms with E-state index in [9.17, 15) is 18.0 Å². The molecule has 1 aromatic heterocycles. The van der Waals surface area contributed by atoms with Crippen LogP contribution in [-0.2, 0) is 27.7 Å². The largest absolute Gasteiger partial charge is 0.462 e. The van der Waals surface area contributed by atoms with Crippen LogP contribution in [0.2, 0.25) is 0 Å². The average molecular weight is 542 g/mol. The molecule has 1 fully saturated rings. The van der Waals surface area contributed by atoms with Crippen LogP contribution in [0.4, 0.5) is 5.00 Å². The van der Waals surface area contributed by atoms with E-state index in [2.05, 4.69) is 24.1 Å². The highest BCUT2D eigenvalue weighted by molar-refractivity contribution is 7.89. The standard InChI is InChI=1S/C24H31N3O5S2.ClH/c1-4-32-24(29)21-19-11-14-26(16(2)3)15-20(19)33-23(21)25-22(28)17-7-9-18(10-8-17)34(30,31)27-12-5-6-13-27;/h7-10,16H,4-6,11-15H2,1-3H3,(H,25,28);1H. The molecule has 0 spiro atoms. The zero-order chi connectivity index (χ0) is 24.5. The Morgan fingerprint density at radius 2 is 1.77 bits per heavy atom. The molecular formula is C24H32ClN3O5S2. The lowest BCUT2D eigenvalue weighted by atomic mass is 10.0. The monoisotopic (exact) mass is 541 g/mol. The number of thiophene rings is 1. The maximum atomic E-state index is 13.0. The maximum Gasteiger partial charge on any atom is 0.341 e. The first-order valence-electron chi connectivity index (χ1n) is 11.7. The first-order chi connectivity index (χ1) is 16.2. The van der Waals surface area contributed by atoms with E-state index in [0.717, 1.165) is 42.8 Å². The molecule has 192 valence electrons. The molecule has 2 aromatic rings. The first kappa shape index (κ1) is 27.6. The summed E-state index contributed by atoms with van der Waals surface area (Å²) >= 11 is 1.41. The molecule has 4 rings (SSSR count). The lowest BCUT2D eigenvalue weighted by Crippen LogP contribution is -2.35. The lowest BCUT2D eigenvalue weighted by molar-refractivity contribution is 0.0526. The third-order valence-electron chi connectivity index (χ3n) is 6.34. The van der Waals surface area contributed by atoms with E-state index in [1.807, 2.05) is 0 Å². The number of hydrogen-bond acceptors (Lipinski definition) is 7. The Bertz CT molecular complexity index is 1170. The number of carbonyl (C=O) groups is 2. The van der Waals surface area contributed by atoms with Gasteiger partial charge in [0.15, 0.2) is 0 Å². The molecule has 1 N–H and O–H groups in total. The number of ether oxygens (including phenoxy) is 1. The number of halogens is 1. The predicted molar refractivity (Wildman–Crippen MR) is 139 cm³/mol. The van der Waals surface area contributed by atoms with Crippen LogP contribution in [0.25, 0.3) is 0 Å². The normalized spacial score (nSPS) is 16.6. The summed E-state index contributed by atoms with van der Waals surface area (Å²) in [5, 5.41) is 3.36. The molecule has 0 unspecified atom stereocenters. The summed E-state index contributed by atoms with van der Waals surface area (Å²) in [6.45, 7) is 8.91. The van der Waals surface area contributed by atoms with Gasteiger partial charge in [-0.25, -0.2) is 13.2 Å². The van der Waals surface area contributed by atoms with Crippen molar-refractivity contribution >= 4 is 50.6 Å². The Balaban J connectivity index is 0.00000342. The number of benzene rings is 1. The van der Waals surface area contributed by atoms with Crippen molar-refractivity contribution in [2.75, 3.05) is 31.6 Å². The first-order valence-corrected chi connectivity index (χ1v) is 13.9. The van der Waals surface area contributed by atoms with Crippen molar-refractivity contribution in [3.8, 4) is 0 Å². The Morgan fingerprint density at radius 1 is 1.11 bits per heavy atom. The molecule has 1 aromatic carbocycles. The van der Waals surface area contributed by atoms with Gasteiger partial charge in [-0.05, 0) is 69.9 Å². The van der Waals surface area contributed by atoms with Crippen LogP contribution in [0.3, 0.4) is 0 Å². The quantitative estimate of drug-likeness (QED) is 0.529. The van der Waals surface area contributed by atoms with Gasteiger partial charge in [-0.15, -0.1) is 23.7 Å². The minimum Gasteiger partial charge on any atom is -0.462 e. The van der Waals surface area contributed by atoms with E-state index in [-0.39, 0.29) is 23.9 Å². The minimum absolute atomic E-state index is 0. The molecule has 11 heteroatoms. The van der Waals surface area contributed by atoms with Crippen molar-refractivity contribution in [3.05, 3.63) is 45.8 Å². The summed E-state index contributed by atoms with van der Waals surface area (Å²) in [6.07, 6.45) is 2.45. The van der Waals surface area contributed by atoms with Crippen LogP contribution in [-0.4, -0.2) is 61.8 Å². The number of anilines is 1. The molecule has 35 heavy (non-hydrogen) atoms. The highest BCUT2D eigenvalue weighted by atomic mass is 35.5. The van der Waals surface area contributed by atoms with Gasteiger partial charge >= 0.3 is 5.97 Å². The van der Waals surface area contributed by atoms with Gasteiger partial charge in [-0.1, -0.05) is 0 Å². The van der Waals surface area contributed by atoms with Crippen LogP contribution in [0.5, 0.6) is 0 Å². The highest BCUT2D eigenvalue weighted by Crippen LogP contribution is 2.38. The fourth-order valence-electron chi connectivity index (χ4n) is 4.40. The van der Waals surface area contributed by atoms with Gasteiger partial charge in [0.05, 0.1) is 17.1 Å². The van der Waals surface area contributed by atoms with E-state index in [1.165, 1.54) is 39.9 Å². The lowest BCUT2D eigenvalue weighted by Gasteiger charge is -2.30. The molecule has 0 radical (unpaired) electrons. The van der Waals surface area contributed by atoms with Crippen LogP contribution in [0.1, 0.15) is 64.8 Å². The van der Waals surface area contributed by atoms with Gasteiger partial charge < -0.3 is 10.1 Å². The Kier molecular flexibility index (Phi) is 8.98. The van der Waals surface area contributed by atoms with E-state index < -0.39 is 21.9 Å². The van der Waals surface area contributed by atoms with Crippen molar-refractivity contribution in [2.24, 2.45) is 0 Å². The molecule has 2 aliphatic rings. The van der Waals surface area contributed by atoms with Crippen LogP contribution in [0, 0.1) is 0 Å². The number of rotatable bonds is 7. The number of nitrogens with one attached hydrogen (secondary N) is 1. The number of amides is 1. The molecule has 0 aliphatic carbocycles. The molecule has 1 saturated heterocycles. The second kappa shape index (κ2) is 11.4. The Morgan fingerprint density at radius 3 is 2.37 bits per heavy atom.